The zero-order valence-corrected chi connectivity index (χ0v) is 19.7. The van der Waals surface area contributed by atoms with E-state index < -0.39 is 0 Å². The maximum absolute atomic E-state index is 12.7. The number of piperidine rings is 1. The fourth-order valence-electron chi connectivity index (χ4n) is 4.20. The predicted molar refractivity (Wildman–Crippen MR) is 129 cm³/mol. The van der Waals surface area contributed by atoms with E-state index in [4.69, 9.17) is 23.2 Å². The summed E-state index contributed by atoms with van der Waals surface area (Å²) in [7, 11) is 0. The van der Waals surface area contributed by atoms with Gasteiger partial charge in [-0.15, -0.1) is 0 Å². The van der Waals surface area contributed by atoms with E-state index in [1.54, 1.807) is 0 Å². The molecule has 1 aromatic heterocycles. The molecule has 168 valence electrons. The molecule has 1 N–H and O–H groups in total. The van der Waals surface area contributed by atoms with Crippen LogP contribution in [0.1, 0.15) is 35.4 Å². The van der Waals surface area contributed by atoms with Crippen LogP contribution in [0, 0.1) is 12.8 Å². The van der Waals surface area contributed by atoms with Crippen molar-refractivity contribution < 1.29 is 4.79 Å². The lowest BCUT2D eigenvalue weighted by Gasteiger charge is -2.31. The molecule has 1 amide bonds. The Hall–Kier alpha value is -2.34. The van der Waals surface area contributed by atoms with Gasteiger partial charge in [-0.25, -0.2) is 4.98 Å². The quantitative estimate of drug-likeness (QED) is 0.523. The number of hydrogen-bond donors (Lipinski definition) is 1. The first kappa shape index (κ1) is 22.8. The van der Waals surface area contributed by atoms with E-state index in [1.165, 1.54) is 5.56 Å². The Kier molecular flexibility index (Phi) is 7.51. The van der Waals surface area contributed by atoms with Crippen LogP contribution in [-0.4, -0.2) is 33.4 Å². The minimum absolute atomic E-state index is 0.0461. The van der Waals surface area contributed by atoms with Gasteiger partial charge in [0, 0.05) is 53.6 Å². The molecule has 0 saturated carbocycles. The van der Waals surface area contributed by atoms with Crippen molar-refractivity contribution in [1.82, 2.24) is 19.8 Å². The van der Waals surface area contributed by atoms with Gasteiger partial charge in [-0.3, -0.25) is 9.69 Å². The molecule has 1 aliphatic heterocycles. The molecule has 0 aliphatic carbocycles. The second-order valence-electron chi connectivity index (χ2n) is 8.39. The summed E-state index contributed by atoms with van der Waals surface area (Å²) in [6.45, 7) is 5.76. The summed E-state index contributed by atoms with van der Waals surface area (Å²) in [5, 5.41) is 4.52. The molecule has 0 bridgehead atoms. The van der Waals surface area contributed by atoms with Crippen molar-refractivity contribution in [2.45, 2.75) is 39.4 Å². The molecular weight excluding hydrogens is 443 g/mol. The number of aromatic nitrogens is 2. The van der Waals surface area contributed by atoms with Crippen LogP contribution in [0.2, 0.25) is 10.0 Å². The lowest BCUT2D eigenvalue weighted by atomic mass is 9.95. The Morgan fingerprint density at radius 3 is 2.44 bits per heavy atom. The molecule has 2 heterocycles. The molecule has 4 rings (SSSR count). The number of hydrogen-bond acceptors (Lipinski definition) is 3. The van der Waals surface area contributed by atoms with Crippen LogP contribution in [-0.2, 0) is 24.4 Å². The summed E-state index contributed by atoms with van der Waals surface area (Å²) in [6, 6.07) is 13.9. The molecule has 1 aliphatic rings. The normalized spacial score (nSPS) is 15.1. The van der Waals surface area contributed by atoms with Crippen LogP contribution < -0.4 is 5.32 Å². The van der Waals surface area contributed by atoms with E-state index >= 15 is 0 Å². The summed E-state index contributed by atoms with van der Waals surface area (Å²) < 4.78 is 2.11. The van der Waals surface area contributed by atoms with Gasteiger partial charge in [0.25, 0.3) is 0 Å². The van der Waals surface area contributed by atoms with Crippen molar-refractivity contribution in [1.29, 1.82) is 0 Å². The lowest BCUT2D eigenvalue weighted by Crippen LogP contribution is -2.40. The summed E-state index contributed by atoms with van der Waals surface area (Å²) in [5.41, 5.74) is 3.27. The number of halogens is 2. The van der Waals surface area contributed by atoms with Crippen LogP contribution in [0.3, 0.4) is 0 Å². The molecule has 0 atom stereocenters. The third kappa shape index (κ3) is 5.71. The standard InChI is InChI=1S/C25H28Cl2N4O/c1-18-28-10-13-31(18)16-20-5-2-4-19(14-20)15-29-25(32)21-8-11-30(12-9-21)17-22-23(26)6-3-7-24(22)27/h2-7,10,13-14,21H,8-9,11-12,15-17H2,1H3,(H,29,32). The zero-order valence-electron chi connectivity index (χ0n) is 18.2. The predicted octanol–water partition coefficient (Wildman–Crippen LogP) is 5.08. The second-order valence-corrected chi connectivity index (χ2v) is 9.21. The van der Waals surface area contributed by atoms with Gasteiger partial charge in [-0.1, -0.05) is 53.5 Å². The number of nitrogens with zero attached hydrogens (tertiary/aromatic N) is 3. The number of likely N-dealkylation sites (tertiary alicyclic amines) is 1. The highest BCUT2D eigenvalue weighted by Crippen LogP contribution is 2.27. The average molecular weight is 471 g/mol. The van der Waals surface area contributed by atoms with Crippen molar-refractivity contribution >= 4 is 29.1 Å². The number of rotatable bonds is 7. The Morgan fingerprint density at radius 2 is 1.75 bits per heavy atom. The van der Waals surface area contributed by atoms with Crippen molar-refractivity contribution in [3.05, 3.63) is 87.4 Å². The zero-order chi connectivity index (χ0) is 22.5. The highest BCUT2D eigenvalue weighted by molar-refractivity contribution is 6.35. The molecule has 0 radical (unpaired) electrons. The van der Waals surface area contributed by atoms with Crippen LogP contribution in [0.25, 0.3) is 0 Å². The lowest BCUT2D eigenvalue weighted by molar-refractivity contribution is -0.126. The van der Waals surface area contributed by atoms with Gasteiger partial charge >= 0.3 is 0 Å². The van der Waals surface area contributed by atoms with Crippen molar-refractivity contribution in [2.24, 2.45) is 5.92 Å². The minimum Gasteiger partial charge on any atom is -0.352 e. The van der Waals surface area contributed by atoms with E-state index in [2.05, 4.69) is 38.0 Å². The number of carbonyl (C=O) groups excluding carboxylic acids is 1. The molecule has 1 fully saturated rings. The molecule has 5 nitrogen and oxygen atoms in total. The monoisotopic (exact) mass is 470 g/mol. The van der Waals surface area contributed by atoms with Gasteiger partial charge in [0.1, 0.15) is 5.82 Å². The van der Waals surface area contributed by atoms with E-state index in [9.17, 15) is 4.79 Å². The highest BCUT2D eigenvalue weighted by Gasteiger charge is 2.25. The molecule has 1 saturated heterocycles. The number of imidazole rings is 1. The van der Waals surface area contributed by atoms with E-state index in [-0.39, 0.29) is 11.8 Å². The number of amides is 1. The fourth-order valence-corrected chi connectivity index (χ4v) is 4.72. The van der Waals surface area contributed by atoms with Gasteiger partial charge in [-0.05, 0) is 56.1 Å². The Labute approximate surface area is 199 Å². The van der Waals surface area contributed by atoms with Gasteiger partial charge in [0.05, 0.1) is 0 Å². The molecular formula is C25H28Cl2N4O. The maximum atomic E-state index is 12.7. The van der Waals surface area contributed by atoms with Crippen LogP contribution in [0.5, 0.6) is 0 Å². The summed E-state index contributed by atoms with van der Waals surface area (Å²) >= 11 is 12.6. The third-order valence-corrected chi connectivity index (χ3v) is 6.84. The minimum atomic E-state index is 0.0461. The Bertz CT molecular complexity index is 1050. The van der Waals surface area contributed by atoms with Crippen molar-refractivity contribution in [2.75, 3.05) is 13.1 Å². The van der Waals surface area contributed by atoms with Gasteiger partial charge in [0.2, 0.25) is 5.91 Å². The van der Waals surface area contributed by atoms with Gasteiger partial charge in [-0.2, -0.15) is 0 Å². The van der Waals surface area contributed by atoms with E-state index in [0.717, 1.165) is 56.0 Å². The maximum Gasteiger partial charge on any atom is 0.223 e. The Morgan fingerprint density at radius 1 is 1.06 bits per heavy atom. The van der Waals surface area contributed by atoms with Crippen molar-refractivity contribution in [3.8, 4) is 0 Å². The summed E-state index contributed by atoms with van der Waals surface area (Å²) in [6.07, 6.45) is 5.48. The molecule has 0 unspecified atom stereocenters. The Balaban J connectivity index is 1.26. The largest absolute Gasteiger partial charge is 0.352 e. The number of aryl methyl sites for hydroxylation is 1. The van der Waals surface area contributed by atoms with E-state index in [0.29, 0.717) is 16.6 Å². The molecule has 3 aromatic rings. The number of nitrogens with one attached hydrogen (secondary N) is 1. The van der Waals surface area contributed by atoms with Crippen LogP contribution >= 0.6 is 23.2 Å². The van der Waals surface area contributed by atoms with Crippen LogP contribution in [0.4, 0.5) is 0 Å². The van der Waals surface area contributed by atoms with Crippen LogP contribution in [0.15, 0.2) is 54.9 Å². The first-order valence-corrected chi connectivity index (χ1v) is 11.7. The van der Waals surface area contributed by atoms with Gasteiger partial charge in [0.15, 0.2) is 0 Å². The average Bonchev–Trinajstić information content (AvgIpc) is 3.20. The second kappa shape index (κ2) is 10.5. The summed E-state index contributed by atoms with van der Waals surface area (Å²) in [5.74, 6) is 1.17. The first-order valence-electron chi connectivity index (χ1n) is 11.0. The molecule has 7 heteroatoms. The first-order chi connectivity index (χ1) is 15.5. The smallest absolute Gasteiger partial charge is 0.223 e. The molecule has 2 aromatic carbocycles. The SMILES string of the molecule is Cc1nccn1Cc1cccc(CNC(=O)C2CCN(Cc3c(Cl)cccc3Cl)CC2)c1. The highest BCUT2D eigenvalue weighted by atomic mass is 35.5. The van der Waals surface area contributed by atoms with E-state index in [1.807, 2.05) is 43.6 Å². The molecule has 0 spiro atoms. The fraction of sp³-hybridized carbons (Fsp3) is 0.360. The third-order valence-electron chi connectivity index (χ3n) is 6.14. The topological polar surface area (TPSA) is 50.2 Å². The molecule has 32 heavy (non-hydrogen) atoms. The van der Waals surface area contributed by atoms with Crippen molar-refractivity contribution in [3.63, 3.8) is 0 Å². The number of carbonyl (C=O) groups is 1. The summed E-state index contributed by atoms with van der Waals surface area (Å²) in [4.78, 5) is 19.3. The number of benzene rings is 2. The van der Waals surface area contributed by atoms with Gasteiger partial charge < -0.3 is 9.88 Å².